The molecule has 1 saturated heterocycles. The average molecular weight is 776 g/mol. The quantitative estimate of drug-likeness (QED) is 0.159. The first-order valence-electron chi connectivity index (χ1n) is 18.9. The molecule has 0 bridgehead atoms. The predicted octanol–water partition coefficient (Wildman–Crippen LogP) is 6.42. The lowest BCUT2D eigenvalue weighted by Gasteiger charge is -2.30. The minimum atomic E-state index is -0.673. The van der Waals surface area contributed by atoms with Crippen LogP contribution in [0.25, 0.3) is 61.2 Å². The van der Waals surface area contributed by atoms with E-state index < -0.39 is 23.5 Å². The Balaban J connectivity index is 1.26. The number of imide groups is 2. The Hall–Kier alpha value is -6.72. The van der Waals surface area contributed by atoms with Crippen molar-refractivity contribution in [3.05, 3.63) is 134 Å². The lowest BCUT2D eigenvalue weighted by Crippen LogP contribution is -2.53. The number of anilines is 1. The molecule has 1 aliphatic heterocycles. The number of carbonyl (C=O) groups is 3. The van der Waals surface area contributed by atoms with E-state index in [0.717, 1.165) is 81.5 Å². The number of nitrogen functional groups attached to an aromatic ring is 1. The fraction of sp³-hybridized carbons (Fsp3) is 0.178. The van der Waals surface area contributed by atoms with E-state index in [2.05, 4.69) is 46.2 Å². The number of nitrogens with two attached hydrogens (primary N) is 1. The van der Waals surface area contributed by atoms with Crippen LogP contribution in [0, 0.1) is 0 Å². The normalized spacial score (nSPS) is 17.6. The Morgan fingerprint density at radius 3 is 1.75 bits per heavy atom. The van der Waals surface area contributed by atoms with Crippen LogP contribution in [0.2, 0.25) is 5.02 Å². The van der Waals surface area contributed by atoms with Crippen molar-refractivity contribution in [2.24, 2.45) is 0 Å². The van der Waals surface area contributed by atoms with E-state index in [0.29, 0.717) is 35.7 Å². The summed E-state index contributed by atoms with van der Waals surface area (Å²) >= 11 is 6.63. The van der Waals surface area contributed by atoms with E-state index in [1.807, 2.05) is 66.8 Å². The first-order chi connectivity index (χ1) is 27.5. The van der Waals surface area contributed by atoms with Crippen LogP contribution in [0.4, 0.5) is 10.6 Å². The SMILES string of the molecule is CCn1/c(=C/C=C2\CC/C(=C\C=c3/c4cccc5c(-n6ccc(N)nc6=O)ccc(c54)n3CC)C2=C2C(=O)N(C)C(=O)N(C)C2=O)c2cccc3c(Cl)ccc1c32. The number of benzene rings is 4. The molecule has 0 atom stereocenters. The van der Waals surface area contributed by atoms with Gasteiger partial charge in [0, 0.05) is 92.5 Å². The third-order valence-corrected chi connectivity index (χ3v) is 11.8. The molecule has 7 aromatic rings. The summed E-state index contributed by atoms with van der Waals surface area (Å²) in [6.45, 7) is 5.57. The van der Waals surface area contributed by atoms with Crippen molar-refractivity contribution in [2.45, 2.75) is 39.8 Å². The number of aromatic nitrogens is 4. The first kappa shape index (κ1) is 35.9. The molecule has 4 amide bonds. The van der Waals surface area contributed by atoms with Crippen molar-refractivity contribution in [1.82, 2.24) is 28.5 Å². The number of allylic oxidation sites excluding steroid dienone is 5. The maximum Gasteiger partial charge on any atom is 0.354 e. The molecule has 9 rings (SSSR count). The van der Waals surface area contributed by atoms with Gasteiger partial charge in [-0.05, 0) is 85.9 Å². The van der Waals surface area contributed by atoms with Gasteiger partial charge in [-0.1, -0.05) is 60.2 Å². The molecule has 1 aliphatic carbocycles. The van der Waals surface area contributed by atoms with Crippen LogP contribution in [0.3, 0.4) is 0 Å². The number of hydrogen-bond donors (Lipinski definition) is 1. The van der Waals surface area contributed by atoms with Gasteiger partial charge in [-0.2, -0.15) is 4.98 Å². The molecule has 4 heterocycles. The number of barbiturate groups is 1. The number of aryl methyl sites for hydroxylation is 2. The molecule has 11 nitrogen and oxygen atoms in total. The number of carbonyl (C=O) groups excluding carboxylic acids is 3. The smallest absolute Gasteiger partial charge is 0.354 e. The van der Waals surface area contributed by atoms with Gasteiger partial charge >= 0.3 is 11.7 Å². The molecule has 0 unspecified atom stereocenters. The molecule has 2 aliphatic rings. The summed E-state index contributed by atoms with van der Waals surface area (Å²) < 4.78 is 5.96. The molecule has 2 fully saturated rings. The maximum absolute atomic E-state index is 13.9. The highest BCUT2D eigenvalue weighted by molar-refractivity contribution is 6.37. The lowest BCUT2D eigenvalue weighted by atomic mass is 9.95. The molecule has 2 N–H and O–H groups in total. The number of rotatable bonds is 5. The second-order valence-electron chi connectivity index (χ2n) is 14.4. The lowest BCUT2D eigenvalue weighted by molar-refractivity contribution is -0.134. The number of amides is 4. The second kappa shape index (κ2) is 13.5. The summed E-state index contributed by atoms with van der Waals surface area (Å²) in [7, 11) is 2.80. The van der Waals surface area contributed by atoms with Gasteiger partial charge in [0.2, 0.25) is 0 Å². The first-order valence-corrected chi connectivity index (χ1v) is 19.3. The number of likely N-dealkylation sites (N-methyl/N-ethyl adjacent to an activating group) is 2. The molecule has 3 aromatic heterocycles. The fourth-order valence-corrected chi connectivity index (χ4v) is 9.00. The minimum Gasteiger partial charge on any atom is -0.383 e. The van der Waals surface area contributed by atoms with Crippen molar-refractivity contribution in [3.8, 4) is 5.69 Å². The Kier molecular flexibility index (Phi) is 8.51. The highest BCUT2D eigenvalue weighted by Gasteiger charge is 2.42. The molecular weight excluding hydrogens is 738 g/mol. The number of nitrogens with zero attached hydrogens (tertiary/aromatic N) is 6. The third-order valence-electron chi connectivity index (χ3n) is 11.4. The van der Waals surface area contributed by atoms with Crippen molar-refractivity contribution in [1.29, 1.82) is 0 Å². The number of urea groups is 1. The van der Waals surface area contributed by atoms with E-state index >= 15 is 0 Å². The Morgan fingerprint density at radius 2 is 1.19 bits per heavy atom. The molecule has 284 valence electrons. The zero-order chi connectivity index (χ0) is 39.9. The van der Waals surface area contributed by atoms with Gasteiger partial charge in [-0.15, -0.1) is 0 Å². The van der Waals surface area contributed by atoms with Gasteiger partial charge < -0.3 is 14.9 Å². The fourth-order valence-electron chi connectivity index (χ4n) is 8.78. The van der Waals surface area contributed by atoms with E-state index in [9.17, 15) is 19.2 Å². The van der Waals surface area contributed by atoms with Gasteiger partial charge in [-0.3, -0.25) is 24.0 Å². The van der Waals surface area contributed by atoms with Crippen LogP contribution in [0.1, 0.15) is 26.7 Å². The van der Waals surface area contributed by atoms with Gasteiger partial charge in [0.25, 0.3) is 11.8 Å². The minimum absolute atomic E-state index is 0.0290. The zero-order valence-electron chi connectivity index (χ0n) is 31.8. The van der Waals surface area contributed by atoms with Crippen molar-refractivity contribution in [3.63, 3.8) is 0 Å². The monoisotopic (exact) mass is 775 g/mol. The molecule has 0 spiro atoms. The molecule has 1 saturated carbocycles. The molecule has 12 heteroatoms. The summed E-state index contributed by atoms with van der Waals surface area (Å²) in [4.78, 5) is 59.5. The van der Waals surface area contributed by atoms with Crippen molar-refractivity contribution < 1.29 is 14.4 Å². The third kappa shape index (κ3) is 5.37. The largest absolute Gasteiger partial charge is 0.383 e. The summed E-state index contributed by atoms with van der Waals surface area (Å²) in [6.07, 6.45) is 10.9. The van der Waals surface area contributed by atoms with Crippen LogP contribution >= 0.6 is 11.6 Å². The van der Waals surface area contributed by atoms with Gasteiger partial charge in [0.15, 0.2) is 0 Å². The van der Waals surface area contributed by atoms with E-state index in [1.165, 1.54) is 18.7 Å². The molecule has 4 aromatic carbocycles. The van der Waals surface area contributed by atoms with E-state index in [4.69, 9.17) is 17.3 Å². The van der Waals surface area contributed by atoms with Crippen LogP contribution in [-0.2, 0) is 22.7 Å². The molecule has 57 heavy (non-hydrogen) atoms. The summed E-state index contributed by atoms with van der Waals surface area (Å²) in [5.41, 5.74) is 10.2. The maximum atomic E-state index is 13.9. The average Bonchev–Trinajstić information content (AvgIpc) is 3.86. The second-order valence-corrected chi connectivity index (χ2v) is 14.8. The van der Waals surface area contributed by atoms with Crippen molar-refractivity contribution in [2.75, 3.05) is 19.8 Å². The zero-order valence-corrected chi connectivity index (χ0v) is 32.6. The van der Waals surface area contributed by atoms with E-state index in [-0.39, 0.29) is 11.4 Å². The molecular formula is C45H38ClN7O4. The van der Waals surface area contributed by atoms with Crippen molar-refractivity contribution >= 4 is 90.8 Å². The molecule has 0 radical (unpaired) electrons. The number of halogens is 1. The van der Waals surface area contributed by atoms with Crippen LogP contribution < -0.4 is 22.1 Å². The van der Waals surface area contributed by atoms with Gasteiger partial charge in [-0.25, -0.2) is 9.59 Å². The predicted molar refractivity (Wildman–Crippen MR) is 226 cm³/mol. The topological polar surface area (TPSA) is 128 Å². The summed E-state index contributed by atoms with van der Waals surface area (Å²) in [5, 5.41) is 8.62. The number of hydrogen-bond acceptors (Lipinski definition) is 6. The standard InChI is InChI=1S/C45H38ClN7O4/c1-5-51-32(28-10-7-9-27-31(46)17-20-35(51)39(27)28)18-15-25-13-14-26(38(25)41-42(54)49(3)45(57)50(4)43(41)55)16-19-33-29-11-8-12-30-34(53-24-23-37(47)48-44(53)56)21-22-36(40(29)30)52(33)6-2/h7-12,15-24H,5-6,13-14H2,1-4H3,(H2,47,48,56)/b25-15+,26-16+,32-18+,33-19+. The highest BCUT2D eigenvalue weighted by Crippen LogP contribution is 2.40. The Bertz CT molecular complexity index is 3170. The van der Waals surface area contributed by atoms with E-state index in [1.54, 1.807) is 12.3 Å². The van der Waals surface area contributed by atoms with Gasteiger partial charge in [0.05, 0.1) is 5.69 Å². The summed E-state index contributed by atoms with van der Waals surface area (Å²) in [6, 6.07) is 21.0. The highest BCUT2D eigenvalue weighted by atomic mass is 35.5. The van der Waals surface area contributed by atoms with Crippen LogP contribution in [0.15, 0.2) is 112 Å². The van der Waals surface area contributed by atoms with Crippen LogP contribution in [-0.4, -0.2) is 60.4 Å². The Morgan fingerprint density at radius 1 is 0.667 bits per heavy atom. The van der Waals surface area contributed by atoms with Crippen LogP contribution in [0.5, 0.6) is 0 Å². The van der Waals surface area contributed by atoms with Gasteiger partial charge in [0.1, 0.15) is 11.4 Å². The summed E-state index contributed by atoms with van der Waals surface area (Å²) in [5.74, 6) is -1.11. The Labute approximate surface area is 331 Å².